The van der Waals surface area contributed by atoms with Gasteiger partial charge in [0.2, 0.25) is 5.91 Å². The molecule has 0 atom stereocenters. The molecule has 0 saturated carbocycles. The molecule has 0 fully saturated rings. The number of nitrogens with zero attached hydrogens (tertiary/aromatic N) is 1. The number of nitrogens with one attached hydrogen (secondary N) is 1. The highest BCUT2D eigenvalue weighted by molar-refractivity contribution is 9.10. The molecular weight excluding hydrogens is 572 g/mol. The highest BCUT2D eigenvalue weighted by Crippen LogP contribution is 2.30. The molecule has 186 valence electrons. The van der Waals surface area contributed by atoms with Crippen LogP contribution < -0.4 is 14.4 Å². The molecule has 3 aromatic rings. The van der Waals surface area contributed by atoms with Crippen molar-refractivity contribution in [3.8, 4) is 5.75 Å². The summed E-state index contributed by atoms with van der Waals surface area (Å²) in [6, 6.07) is 19.2. The molecule has 35 heavy (non-hydrogen) atoms. The molecule has 0 unspecified atom stereocenters. The van der Waals surface area contributed by atoms with Gasteiger partial charge in [0.05, 0.1) is 22.2 Å². The number of sulfonamides is 1. The molecule has 10 heteroatoms. The molecule has 3 aromatic carbocycles. The van der Waals surface area contributed by atoms with Gasteiger partial charge in [-0.2, -0.15) is 11.8 Å². The highest BCUT2D eigenvalue weighted by Gasteiger charge is 2.28. The molecule has 0 aromatic heterocycles. The van der Waals surface area contributed by atoms with E-state index >= 15 is 0 Å². The maximum absolute atomic E-state index is 13.5. The normalized spacial score (nSPS) is 11.2. The van der Waals surface area contributed by atoms with Crippen LogP contribution in [0, 0.1) is 6.92 Å². The van der Waals surface area contributed by atoms with Crippen LogP contribution in [0.15, 0.2) is 76.1 Å². The maximum Gasteiger partial charge on any atom is 0.264 e. The second-order valence-electron chi connectivity index (χ2n) is 7.67. The Kier molecular flexibility index (Phi) is 9.91. The number of hydrogen-bond donors (Lipinski definition) is 1. The minimum Gasteiger partial charge on any atom is -0.496 e. The van der Waals surface area contributed by atoms with Gasteiger partial charge in [0.25, 0.3) is 10.0 Å². The number of rotatable bonds is 11. The Hall–Kier alpha value is -2.20. The van der Waals surface area contributed by atoms with Crippen LogP contribution in [0.5, 0.6) is 5.75 Å². The van der Waals surface area contributed by atoms with Crippen molar-refractivity contribution in [2.45, 2.75) is 17.6 Å². The Morgan fingerprint density at radius 1 is 1.09 bits per heavy atom. The topological polar surface area (TPSA) is 75.7 Å². The molecule has 0 heterocycles. The van der Waals surface area contributed by atoms with Crippen LogP contribution in [0.2, 0.25) is 5.02 Å². The van der Waals surface area contributed by atoms with Crippen LogP contribution in [0.3, 0.4) is 0 Å². The van der Waals surface area contributed by atoms with Gasteiger partial charge >= 0.3 is 0 Å². The van der Waals surface area contributed by atoms with E-state index in [1.165, 1.54) is 19.2 Å². The van der Waals surface area contributed by atoms with Crippen molar-refractivity contribution in [1.29, 1.82) is 0 Å². The van der Waals surface area contributed by atoms with E-state index in [0.717, 1.165) is 21.2 Å². The van der Waals surface area contributed by atoms with Crippen molar-refractivity contribution in [1.82, 2.24) is 5.32 Å². The van der Waals surface area contributed by atoms with Gasteiger partial charge in [0, 0.05) is 23.1 Å². The summed E-state index contributed by atoms with van der Waals surface area (Å²) in [7, 11) is -2.51. The first-order chi connectivity index (χ1) is 16.7. The fourth-order valence-electron chi connectivity index (χ4n) is 3.18. The molecule has 0 aliphatic heterocycles. The Morgan fingerprint density at radius 2 is 1.77 bits per heavy atom. The first kappa shape index (κ1) is 27.4. The third kappa shape index (κ3) is 7.64. The number of anilines is 1. The molecule has 1 N–H and O–H groups in total. The average Bonchev–Trinajstić information content (AvgIpc) is 2.84. The zero-order valence-electron chi connectivity index (χ0n) is 19.3. The molecule has 0 aliphatic rings. The molecule has 0 aliphatic carbocycles. The van der Waals surface area contributed by atoms with E-state index in [1.54, 1.807) is 30.0 Å². The van der Waals surface area contributed by atoms with E-state index in [1.807, 2.05) is 43.3 Å². The van der Waals surface area contributed by atoms with Crippen LogP contribution in [0.1, 0.15) is 11.1 Å². The number of amides is 1. The zero-order valence-corrected chi connectivity index (χ0v) is 23.3. The standard InChI is InChI=1S/C25H26BrClN2O4S2/c1-18-3-9-21(10-4-18)29(35(31,32)22-11-12-24(33-2)23(26)15-22)16-25(30)28-13-14-34-17-19-5-7-20(27)8-6-19/h3-12,15H,13-14,16-17H2,1-2H3,(H,28,30). The fraction of sp³-hybridized carbons (Fsp3) is 0.240. The van der Waals surface area contributed by atoms with E-state index in [9.17, 15) is 13.2 Å². The Bertz CT molecular complexity index is 1250. The number of hydrogen-bond acceptors (Lipinski definition) is 5. The van der Waals surface area contributed by atoms with E-state index in [-0.39, 0.29) is 17.3 Å². The van der Waals surface area contributed by atoms with Crippen molar-refractivity contribution in [3.05, 3.63) is 87.4 Å². The molecule has 0 spiro atoms. The van der Waals surface area contributed by atoms with Crippen molar-refractivity contribution in [3.63, 3.8) is 0 Å². The summed E-state index contributed by atoms with van der Waals surface area (Å²) in [5.74, 6) is 1.62. The van der Waals surface area contributed by atoms with Gasteiger partial charge in [-0.05, 0) is 70.9 Å². The number of ether oxygens (including phenoxy) is 1. The van der Waals surface area contributed by atoms with Gasteiger partial charge in [-0.1, -0.05) is 41.4 Å². The van der Waals surface area contributed by atoms with Crippen LogP contribution in [-0.4, -0.2) is 40.3 Å². The lowest BCUT2D eigenvalue weighted by Gasteiger charge is -2.24. The molecule has 0 saturated heterocycles. The van der Waals surface area contributed by atoms with Crippen LogP contribution in [-0.2, 0) is 20.6 Å². The first-order valence-electron chi connectivity index (χ1n) is 10.7. The van der Waals surface area contributed by atoms with Crippen molar-refractivity contribution in [2.24, 2.45) is 0 Å². The lowest BCUT2D eigenvalue weighted by atomic mass is 10.2. The number of thioether (sulfide) groups is 1. The number of benzene rings is 3. The zero-order chi connectivity index (χ0) is 25.4. The number of halogens is 2. The van der Waals surface area contributed by atoms with Gasteiger partial charge in [-0.15, -0.1) is 0 Å². The van der Waals surface area contributed by atoms with Crippen LogP contribution in [0.4, 0.5) is 5.69 Å². The lowest BCUT2D eigenvalue weighted by Crippen LogP contribution is -2.41. The molecule has 3 rings (SSSR count). The van der Waals surface area contributed by atoms with Crippen molar-refractivity contribution < 1.29 is 17.9 Å². The van der Waals surface area contributed by atoms with E-state index < -0.39 is 10.0 Å². The van der Waals surface area contributed by atoms with Crippen LogP contribution in [0.25, 0.3) is 0 Å². The largest absolute Gasteiger partial charge is 0.496 e. The van der Waals surface area contributed by atoms with Gasteiger partial charge in [-0.25, -0.2) is 8.42 Å². The quantitative estimate of drug-likeness (QED) is 0.289. The Labute approximate surface area is 224 Å². The molecule has 1 amide bonds. The second-order valence-corrected chi connectivity index (χ2v) is 11.9. The SMILES string of the molecule is COc1ccc(S(=O)(=O)N(CC(=O)NCCSCc2ccc(Cl)cc2)c2ccc(C)cc2)cc1Br. The monoisotopic (exact) mass is 596 g/mol. The van der Waals surface area contributed by atoms with E-state index in [0.29, 0.717) is 33.2 Å². The smallest absolute Gasteiger partial charge is 0.264 e. The van der Waals surface area contributed by atoms with Gasteiger partial charge in [0.1, 0.15) is 12.3 Å². The van der Waals surface area contributed by atoms with Gasteiger partial charge in [-0.3, -0.25) is 9.10 Å². The minimum absolute atomic E-state index is 0.0528. The van der Waals surface area contributed by atoms with Crippen LogP contribution >= 0.6 is 39.3 Å². The summed E-state index contributed by atoms with van der Waals surface area (Å²) in [6.45, 7) is 2.00. The Morgan fingerprint density at radius 3 is 2.40 bits per heavy atom. The number of carbonyl (C=O) groups is 1. The van der Waals surface area contributed by atoms with Crippen molar-refractivity contribution >= 4 is 60.9 Å². The average molecular weight is 598 g/mol. The third-order valence-corrected chi connectivity index (χ3v) is 8.74. The molecule has 0 bridgehead atoms. The molecule has 0 radical (unpaired) electrons. The maximum atomic E-state index is 13.5. The number of carbonyl (C=O) groups excluding carboxylic acids is 1. The second kappa shape index (κ2) is 12.7. The van der Waals surface area contributed by atoms with E-state index in [2.05, 4.69) is 21.2 Å². The summed E-state index contributed by atoms with van der Waals surface area (Å²) in [4.78, 5) is 12.8. The first-order valence-corrected chi connectivity index (χ1v) is 14.5. The summed E-state index contributed by atoms with van der Waals surface area (Å²) in [5, 5.41) is 3.52. The number of methoxy groups -OCH3 is 1. The number of aryl methyl sites for hydroxylation is 1. The van der Waals surface area contributed by atoms with Crippen molar-refractivity contribution in [2.75, 3.05) is 30.3 Å². The summed E-state index contributed by atoms with van der Waals surface area (Å²) < 4.78 is 33.9. The van der Waals surface area contributed by atoms with Gasteiger partial charge < -0.3 is 10.1 Å². The third-order valence-electron chi connectivity index (χ3n) is 5.07. The lowest BCUT2D eigenvalue weighted by molar-refractivity contribution is -0.119. The predicted octanol–water partition coefficient (Wildman–Crippen LogP) is 5.66. The fourth-order valence-corrected chi connectivity index (χ4v) is 6.27. The minimum atomic E-state index is -4.01. The summed E-state index contributed by atoms with van der Waals surface area (Å²) >= 11 is 10.9. The molecule has 6 nitrogen and oxygen atoms in total. The summed E-state index contributed by atoms with van der Waals surface area (Å²) in [6.07, 6.45) is 0. The highest BCUT2D eigenvalue weighted by atomic mass is 79.9. The predicted molar refractivity (Wildman–Crippen MR) is 147 cm³/mol. The Balaban J connectivity index is 1.68. The molecular formula is C25H26BrClN2O4S2. The summed E-state index contributed by atoms with van der Waals surface area (Å²) in [5.41, 5.74) is 2.54. The van der Waals surface area contributed by atoms with E-state index in [4.69, 9.17) is 16.3 Å². The van der Waals surface area contributed by atoms with Gasteiger partial charge in [0.15, 0.2) is 0 Å².